The lowest BCUT2D eigenvalue weighted by Crippen LogP contribution is -2.34. The summed E-state index contributed by atoms with van der Waals surface area (Å²) in [5.74, 6) is -0.175. The lowest BCUT2D eigenvalue weighted by Gasteiger charge is -2.11. The predicted molar refractivity (Wildman–Crippen MR) is 84.2 cm³/mol. The standard InChI is InChI=1S/C17H20N2O2/c1-13(12-20)19-17(21)15-7-9-16(10-8-15)18-11-14-5-3-2-4-6-14/h2-10,13,18,20H,11-12H2,1H3,(H,19,21)/t13-/m0/s1. The fraction of sp³-hybridized carbons (Fsp3) is 0.235. The maximum atomic E-state index is 11.9. The molecule has 21 heavy (non-hydrogen) atoms. The zero-order chi connectivity index (χ0) is 15.1. The third-order valence-corrected chi connectivity index (χ3v) is 3.14. The molecule has 0 aromatic heterocycles. The minimum absolute atomic E-state index is 0.0670. The van der Waals surface area contributed by atoms with Gasteiger partial charge in [-0.05, 0) is 36.8 Å². The number of benzene rings is 2. The van der Waals surface area contributed by atoms with Crippen LogP contribution in [-0.2, 0) is 6.54 Å². The summed E-state index contributed by atoms with van der Waals surface area (Å²) >= 11 is 0. The lowest BCUT2D eigenvalue weighted by atomic mass is 10.1. The molecule has 4 heteroatoms. The van der Waals surface area contributed by atoms with Crippen LogP contribution in [0.15, 0.2) is 54.6 Å². The monoisotopic (exact) mass is 284 g/mol. The Morgan fingerprint density at radius 2 is 1.76 bits per heavy atom. The van der Waals surface area contributed by atoms with Gasteiger partial charge in [0, 0.05) is 23.8 Å². The smallest absolute Gasteiger partial charge is 0.251 e. The summed E-state index contributed by atoms with van der Waals surface area (Å²) in [6.45, 7) is 2.43. The van der Waals surface area contributed by atoms with E-state index in [1.807, 2.05) is 30.3 Å². The molecule has 0 bridgehead atoms. The van der Waals surface area contributed by atoms with Gasteiger partial charge in [-0.3, -0.25) is 4.79 Å². The fourth-order valence-electron chi connectivity index (χ4n) is 1.89. The molecular formula is C17H20N2O2. The van der Waals surface area contributed by atoms with E-state index in [1.54, 1.807) is 19.1 Å². The van der Waals surface area contributed by atoms with Crippen LogP contribution in [0.25, 0.3) is 0 Å². The van der Waals surface area contributed by atoms with Gasteiger partial charge < -0.3 is 15.7 Å². The van der Waals surface area contributed by atoms with Gasteiger partial charge in [-0.1, -0.05) is 30.3 Å². The molecule has 2 aromatic rings. The first-order chi connectivity index (χ1) is 10.2. The van der Waals surface area contributed by atoms with Gasteiger partial charge in [0.25, 0.3) is 5.91 Å². The topological polar surface area (TPSA) is 61.4 Å². The molecule has 0 radical (unpaired) electrons. The summed E-state index contributed by atoms with van der Waals surface area (Å²) in [6.07, 6.45) is 0. The van der Waals surface area contributed by atoms with Gasteiger partial charge in [0.1, 0.15) is 0 Å². The number of aliphatic hydroxyl groups is 1. The molecule has 0 aliphatic rings. The molecule has 3 N–H and O–H groups in total. The number of rotatable bonds is 6. The normalized spacial score (nSPS) is 11.7. The average molecular weight is 284 g/mol. The van der Waals surface area contributed by atoms with Crippen LogP contribution in [0.3, 0.4) is 0 Å². The molecule has 0 spiro atoms. The van der Waals surface area contributed by atoms with Crippen molar-refractivity contribution in [2.45, 2.75) is 19.5 Å². The van der Waals surface area contributed by atoms with Crippen LogP contribution in [0.1, 0.15) is 22.8 Å². The van der Waals surface area contributed by atoms with Crippen molar-refractivity contribution in [3.05, 3.63) is 65.7 Å². The minimum Gasteiger partial charge on any atom is -0.394 e. The molecule has 0 aliphatic carbocycles. The second-order valence-corrected chi connectivity index (χ2v) is 4.97. The molecule has 4 nitrogen and oxygen atoms in total. The van der Waals surface area contributed by atoms with E-state index in [0.717, 1.165) is 12.2 Å². The number of carbonyl (C=O) groups is 1. The Kier molecular flexibility index (Phi) is 5.35. The van der Waals surface area contributed by atoms with Crippen LogP contribution in [-0.4, -0.2) is 23.7 Å². The number of nitrogens with one attached hydrogen (secondary N) is 2. The van der Waals surface area contributed by atoms with E-state index in [-0.39, 0.29) is 18.6 Å². The first-order valence-electron chi connectivity index (χ1n) is 6.98. The van der Waals surface area contributed by atoms with Crippen molar-refractivity contribution >= 4 is 11.6 Å². The van der Waals surface area contributed by atoms with E-state index >= 15 is 0 Å². The van der Waals surface area contributed by atoms with Crippen LogP contribution in [0.2, 0.25) is 0 Å². The van der Waals surface area contributed by atoms with Crippen molar-refractivity contribution in [1.29, 1.82) is 0 Å². The quantitative estimate of drug-likeness (QED) is 0.763. The van der Waals surface area contributed by atoms with Gasteiger partial charge in [0.2, 0.25) is 0 Å². The Bertz CT molecular complexity index is 567. The summed E-state index contributed by atoms with van der Waals surface area (Å²) < 4.78 is 0. The maximum absolute atomic E-state index is 11.9. The molecule has 2 aromatic carbocycles. The third-order valence-electron chi connectivity index (χ3n) is 3.14. The van der Waals surface area contributed by atoms with E-state index in [4.69, 9.17) is 5.11 Å². The highest BCUT2D eigenvalue weighted by Crippen LogP contribution is 2.11. The largest absolute Gasteiger partial charge is 0.394 e. The third kappa shape index (κ3) is 4.61. The van der Waals surface area contributed by atoms with Crippen molar-refractivity contribution < 1.29 is 9.90 Å². The number of anilines is 1. The Balaban J connectivity index is 1.91. The van der Waals surface area contributed by atoms with E-state index in [1.165, 1.54) is 5.56 Å². The first kappa shape index (κ1) is 15.1. The molecular weight excluding hydrogens is 264 g/mol. The van der Waals surface area contributed by atoms with Crippen molar-refractivity contribution in [2.75, 3.05) is 11.9 Å². The highest BCUT2D eigenvalue weighted by atomic mass is 16.3. The molecule has 110 valence electrons. The molecule has 0 saturated heterocycles. The van der Waals surface area contributed by atoms with Crippen LogP contribution in [0, 0.1) is 0 Å². The van der Waals surface area contributed by atoms with Gasteiger partial charge in [-0.2, -0.15) is 0 Å². The predicted octanol–water partition coefficient (Wildman–Crippen LogP) is 2.41. The second kappa shape index (κ2) is 7.45. The zero-order valence-corrected chi connectivity index (χ0v) is 12.0. The van der Waals surface area contributed by atoms with Crippen molar-refractivity contribution in [3.8, 4) is 0 Å². The van der Waals surface area contributed by atoms with Crippen LogP contribution >= 0.6 is 0 Å². The second-order valence-electron chi connectivity index (χ2n) is 4.97. The summed E-state index contributed by atoms with van der Waals surface area (Å²) in [7, 11) is 0. The number of hydrogen-bond donors (Lipinski definition) is 3. The summed E-state index contributed by atoms with van der Waals surface area (Å²) in [4.78, 5) is 11.9. The summed E-state index contributed by atoms with van der Waals surface area (Å²) in [6, 6.07) is 17.2. The number of hydrogen-bond acceptors (Lipinski definition) is 3. The molecule has 1 amide bonds. The Morgan fingerprint density at radius 3 is 2.38 bits per heavy atom. The van der Waals surface area contributed by atoms with E-state index in [2.05, 4.69) is 22.8 Å². The fourth-order valence-corrected chi connectivity index (χ4v) is 1.89. The summed E-state index contributed by atoms with van der Waals surface area (Å²) in [5.41, 5.74) is 2.75. The Labute approximate surface area is 124 Å². The molecule has 0 aliphatic heterocycles. The van der Waals surface area contributed by atoms with Crippen LogP contribution in [0.4, 0.5) is 5.69 Å². The van der Waals surface area contributed by atoms with Crippen molar-refractivity contribution in [2.24, 2.45) is 0 Å². The number of aliphatic hydroxyl groups excluding tert-OH is 1. The lowest BCUT2D eigenvalue weighted by molar-refractivity contribution is 0.0922. The van der Waals surface area contributed by atoms with Crippen LogP contribution < -0.4 is 10.6 Å². The Morgan fingerprint density at radius 1 is 1.10 bits per heavy atom. The highest BCUT2D eigenvalue weighted by Gasteiger charge is 2.08. The van der Waals surface area contributed by atoms with Gasteiger partial charge in [-0.25, -0.2) is 0 Å². The molecule has 1 atom stereocenters. The molecule has 0 saturated carbocycles. The maximum Gasteiger partial charge on any atom is 0.251 e. The molecule has 0 fully saturated rings. The molecule has 2 rings (SSSR count). The zero-order valence-electron chi connectivity index (χ0n) is 12.0. The summed E-state index contributed by atoms with van der Waals surface area (Å²) in [5, 5.41) is 14.9. The molecule has 0 heterocycles. The molecule has 0 unspecified atom stereocenters. The number of amides is 1. The first-order valence-corrected chi connectivity index (χ1v) is 6.98. The van der Waals surface area contributed by atoms with Gasteiger partial charge in [-0.15, -0.1) is 0 Å². The van der Waals surface area contributed by atoms with Crippen LogP contribution in [0.5, 0.6) is 0 Å². The van der Waals surface area contributed by atoms with E-state index < -0.39 is 0 Å². The van der Waals surface area contributed by atoms with E-state index in [0.29, 0.717) is 5.56 Å². The Hall–Kier alpha value is -2.33. The SMILES string of the molecule is C[C@@H](CO)NC(=O)c1ccc(NCc2ccccc2)cc1. The number of carbonyl (C=O) groups excluding carboxylic acids is 1. The van der Waals surface area contributed by atoms with Gasteiger partial charge in [0.15, 0.2) is 0 Å². The average Bonchev–Trinajstić information content (AvgIpc) is 2.54. The van der Waals surface area contributed by atoms with E-state index in [9.17, 15) is 4.79 Å². The van der Waals surface area contributed by atoms with Crippen molar-refractivity contribution in [1.82, 2.24) is 5.32 Å². The highest BCUT2D eigenvalue weighted by molar-refractivity contribution is 5.94. The van der Waals surface area contributed by atoms with Gasteiger partial charge in [0.05, 0.1) is 6.61 Å². The minimum atomic E-state index is -0.242. The van der Waals surface area contributed by atoms with Crippen molar-refractivity contribution in [3.63, 3.8) is 0 Å². The van der Waals surface area contributed by atoms with Gasteiger partial charge >= 0.3 is 0 Å².